The zero-order valence-electron chi connectivity index (χ0n) is 32.1. The van der Waals surface area contributed by atoms with Gasteiger partial charge in [0.2, 0.25) is 22.7 Å². The van der Waals surface area contributed by atoms with Gasteiger partial charge in [-0.05, 0) is 36.4 Å². The summed E-state index contributed by atoms with van der Waals surface area (Å²) in [7, 11) is 13.3. The molecule has 1 aliphatic rings. The van der Waals surface area contributed by atoms with E-state index in [1.165, 1.54) is 63.8 Å². The Morgan fingerprint density at radius 2 is 1.20 bits per heavy atom. The predicted octanol–water partition coefficient (Wildman–Crippen LogP) is 6.73. The number of carbonyl (C=O) groups is 1. The number of rotatable bonds is 13. The zero-order chi connectivity index (χ0) is 39.6. The van der Waals surface area contributed by atoms with Crippen molar-refractivity contribution in [3.8, 4) is 68.8 Å². The molecule has 0 bridgehead atoms. The third-order valence-electron chi connectivity index (χ3n) is 9.44. The minimum Gasteiger partial charge on any atom is -0.497 e. The van der Waals surface area contributed by atoms with E-state index in [9.17, 15) is 9.59 Å². The van der Waals surface area contributed by atoms with E-state index in [-0.39, 0.29) is 39.7 Å². The van der Waals surface area contributed by atoms with Crippen molar-refractivity contribution >= 4 is 16.9 Å². The average molecular weight is 759 g/mol. The highest BCUT2D eigenvalue weighted by Crippen LogP contribution is 2.57. The smallest absolute Gasteiger partial charge is 0.303 e. The quantitative estimate of drug-likeness (QED) is 0.117. The first-order valence-corrected chi connectivity index (χ1v) is 16.9. The van der Waals surface area contributed by atoms with E-state index in [1.807, 2.05) is 0 Å². The molecular formula is C41H42O14. The molecule has 5 aromatic rings. The molecule has 0 unspecified atom stereocenters. The molecule has 2 heterocycles. The maximum Gasteiger partial charge on any atom is 0.303 e. The van der Waals surface area contributed by atoms with Gasteiger partial charge >= 0.3 is 5.97 Å². The Labute approximate surface area is 317 Å². The Kier molecular flexibility index (Phi) is 11.1. The summed E-state index contributed by atoms with van der Waals surface area (Å²) in [5, 5.41) is 0.263. The van der Waals surface area contributed by atoms with Crippen molar-refractivity contribution in [2.24, 2.45) is 0 Å². The normalized spacial score (nSPS) is 15.9. The van der Waals surface area contributed by atoms with Crippen molar-refractivity contribution in [2.75, 3.05) is 64.0 Å². The molecule has 0 amide bonds. The predicted molar refractivity (Wildman–Crippen MR) is 201 cm³/mol. The molecular weight excluding hydrogens is 716 g/mol. The van der Waals surface area contributed by atoms with Crippen LogP contribution in [0.4, 0.5) is 0 Å². The van der Waals surface area contributed by atoms with Crippen LogP contribution >= 0.6 is 0 Å². The van der Waals surface area contributed by atoms with Crippen LogP contribution in [0.15, 0.2) is 63.8 Å². The van der Waals surface area contributed by atoms with Crippen LogP contribution in [0.1, 0.15) is 35.6 Å². The molecule has 0 N–H and O–H groups in total. The monoisotopic (exact) mass is 758 g/mol. The van der Waals surface area contributed by atoms with Crippen LogP contribution < -0.4 is 52.8 Å². The van der Waals surface area contributed by atoms with E-state index >= 15 is 0 Å². The summed E-state index contributed by atoms with van der Waals surface area (Å²) >= 11 is 0. The topological polar surface area (TPSA) is 149 Å². The van der Waals surface area contributed by atoms with E-state index in [0.29, 0.717) is 56.8 Å². The number of benzene rings is 4. The fourth-order valence-electron chi connectivity index (χ4n) is 7.04. The second-order valence-corrected chi connectivity index (χ2v) is 12.2. The molecule has 0 saturated heterocycles. The first kappa shape index (κ1) is 38.3. The van der Waals surface area contributed by atoms with Crippen LogP contribution in [0.2, 0.25) is 0 Å². The van der Waals surface area contributed by atoms with E-state index < -0.39 is 29.5 Å². The molecule has 290 valence electrons. The Morgan fingerprint density at radius 1 is 0.618 bits per heavy atom. The van der Waals surface area contributed by atoms with Crippen LogP contribution in [0.3, 0.4) is 0 Å². The van der Waals surface area contributed by atoms with Crippen molar-refractivity contribution in [3.63, 3.8) is 0 Å². The second kappa shape index (κ2) is 15.9. The van der Waals surface area contributed by atoms with Gasteiger partial charge < -0.3 is 56.5 Å². The molecule has 14 heteroatoms. The summed E-state index contributed by atoms with van der Waals surface area (Å²) in [5.41, 5.74) is 1.58. The molecule has 0 spiro atoms. The standard InChI is InChI=1S/C41H42O14/c1-20(42)53-40-32(24-13-11-22(44-2)17-27(24)54-35(40)21-15-29(46-4)37(49-7)30(16-21)47-5)33-26(19-31(48-6)38(50-8)39(33)51-9)36-41(52-10)34(43)25-14-12-23(45-3)18-28(25)55-36/h11-19,32,35,40H,1-10H3/t32-,35+,40-/m0/s1. The minimum atomic E-state index is -1.12. The summed E-state index contributed by atoms with van der Waals surface area (Å²) < 4.78 is 71.3. The molecule has 1 aromatic heterocycles. The third-order valence-corrected chi connectivity index (χ3v) is 9.44. The summed E-state index contributed by atoms with van der Waals surface area (Å²) in [6, 6.07) is 15.2. The molecule has 55 heavy (non-hydrogen) atoms. The number of esters is 1. The number of methoxy groups -OCH3 is 9. The fourth-order valence-corrected chi connectivity index (χ4v) is 7.04. The van der Waals surface area contributed by atoms with Gasteiger partial charge in [0, 0.05) is 41.3 Å². The maximum absolute atomic E-state index is 14.1. The van der Waals surface area contributed by atoms with Gasteiger partial charge in [-0.15, -0.1) is 0 Å². The summed E-state index contributed by atoms with van der Waals surface area (Å²) in [6.07, 6.45) is -2.13. The van der Waals surface area contributed by atoms with E-state index in [4.69, 9.17) is 56.5 Å². The highest BCUT2D eigenvalue weighted by atomic mass is 16.6. The lowest BCUT2D eigenvalue weighted by molar-refractivity contribution is -0.153. The van der Waals surface area contributed by atoms with Gasteiger partial charge in [-0.1, -0.05) is 6.07 Å². The highest BCUT2D eigenvalue weighted by molar-refractivity contribution is 5.86. The molecule has 6 rings (SSSR count). The van der Waals surface area contributed by atoms with Crippen molar-refractivity contribution in [2.45, 2.75) is 25.0 Å². The second-order valence-electron chi connectivity index (χ2n) is 12.2. The summed E-state index contributed by atoms with van der Waals surface area (Å²) in [6.45, 7) is 1.30. The molecule has 0 aliphatic carbocycles. The summed E-state index contributed by atoms with van der Waals surface area (Å²) in [4.78, 5) is 27.3. The minimum absolute atomic E-state index is 0.0370. The highest BCUT2D eigenvalue weighted by Gasteiger charge is 2.47. The molecule has 14 nitrogen and oxygen atoms in total. The van der Waals surface area contributed by atoms with E-state index in [1.54, 1.807) is 61.7 Å². The number of fused-ring (bicyclic) bond motifs is 2. The zero-order valence-corrected chi connectivity index (χ0v) is 32.1. The lowest BCUT2D eigenvalue weighted by atomic mass is 9.77. The molecule has 0 radical (unpaired) electrons. The van der Waals surface area contributed by atoms with Crippen LogP contribution in [0, 0.1) is 0 Å². The first-order valence-electron chi connectivity index (χ1n) is 16.9. The number of carbonyl (C=O) groups excluding carboxylic acids is 1. The van der Waals surface area contributed by atoms with E-state index in [0.717, 1.165) is 0 Å². The van der Waals surface area contributed by atoms with Crippen LogP contribution in [-0.2, 0) is 9.53 Å². The van der Waals surface area contributed by atoms with Gasteiger partial charge in [0.05, 0.1) is 75.3 Å². The molecule has 3 atom stereocenters. The third kappa shape index (κ3) is 6.68. The molecule has 4 aromatic carbocycles. The Morgan fingerprint density at radius 3 is 1.76 bits per heavy atom. The SMILES string of the molecule is COc1ccc2c(c1)O[C@H](c1cc(OC)c(OC)c(OC)c1)[C@@H](OC(C)=O)[C@@H]2c1c(-c2oc3cc(OC)ccc3c(=O)c2OC)cc(OC)c(OC)c1OC. The molecule has 0 saturated carbocycles. The first-order chi connectivity index (χ1) is 26.6. The van der Waals surface area contributed by atoms with Crippen molar-refractivity contribution in [1.82, 2.24) is 0 Å². The Balaban J connectivity index is 1.78. The average Bonchev–Trinajstić information content (AvgIpc) is 3.21. The fraction of sp³-hybridized carbons (Fsp3) is 0.317. The van der Waals surface area contributed by atoms with Gasteiger partial charge in [-0.25, -0.2) is 0 Å². The maximum atomic E-state index is 14.1. The Hall–Kier alpha value is -6.44. The van der Waals surface area contributed by atoms with Crippen molar-refractivity contribution < 1.29 is 61.3 Å². The van der Waals surface area contributed by atoms with Crippen LogP contribution in [-0.4, -0.2) is 76.1 Å². The number of hydrogen-bond donors (Lipinski definition) is 0. The van der Waals surface area contributed by atoms with Gasteiger partial charge in [0.15, 0.2) is 41.0 Å². The van der Waals surface area contributed by atoms with Crippen LogP contribution in [0.25, 0.3) is 22.3 Å². The van der Waals surface area contributed by atoms with Crippen molar-refractivity contribution in [3.05, 3.63) is 81.5 Å². The van der Waals surface area contributed by atoms with Gasteiger partial charge in [-0.2, -0.15) is 0 Å². The number of ether oxygens (including phenoxy) is 11. The van der Waals surface area contributed by atoms with Gasteiger partial charge in [-0.3, -0.25) is 9.59 Å². The summed E-state index contributed by atoms with van der Waals surface area (Å²) in [5.74, 6) is 1.50. The number of hydrogen-bond acceptors (Lipinski definition) is 14. The molecule has 1 aliphatic heterocycles. The largest absolute Gasteiger partial charge is 0.497 e. The van der Waals surface area contributed by atoms with Gasteiger partial charge in [0.25, 0.3) is 0 Å². The molecule has 0 fully saturated rings. The Bertz CT molecular complexity index is 2270. The van der Waals surface area contributed by atoms with Crippen LogP contribution in [0.5, 0.6) is 57.5 Å². The van der Waals surface area contributed by atoms with E-state index in [2.05, 4.69) is 0 Å². The lowest BCUT2D eigenvalue weighted by Crippen LogP contribution is -2.39. The van der Waals surface area contributed by atoms with Gasteiger partial charge in [0.1, 0.15) is 22.8 Å². The lowest BCUT2D eigenvalue weighted by Gasteiger charge is -2.40. The van der Waals surface area contributed by atoms with Crippen molar-refractivity contribution in [1.29, 1.82) is 0 Å².